The van der Waals surface area contributed by atoms with E-state index < -0.39 is 9.84 Å². The van der Waals surface area contributed by atoms with Crippen LogP contribution in [-0.2, 0) is 16.4 Å². The molecule has 1 heterocycles. The third-order valence-corrected chi connectivity index (χ3v) is 6.58. The number of aromatic nitrogens is 1. The first-order chi connectivity index (χ1) is 12.4. The summed E-state index contributed by atoms with van der Waals surface area (Å²) in [5.41, 5.74) is 1.01. The van der Waals surface area contributed by atoms with Crippen LogP contribution < -0.4 is 10.6 Å². The zero-order valence-electron chi connectivity index (χ0n) is 15.9. The van der Waals surface area contributed by atoms with Gasteiger partial charge in [0.05, 0.1) is 27.9 Å². The predicted octanol–water partition coefficient (Wildman–Crippen LogP) is 3.30. The van der Waals surface area contributed by atoms with Crippen molar-refractivity contribution in [1.29, 1.82) is 0 Å². The zero-order chi connectivity index (χ0) is 19.0. The van der Waals surface area contributed by atoms with Crippen LogP contribution in [-0.4, -0.2) is 38.2 Å². The number of sulfone groups is 1. The molecule has 6 nitrogen and oxygen atoms in total. The molecule has 0 radical (unpaired) electrons. The molecule has 0 fully saturated rings. The number of hydrogen-bond donors (Lipinski definition) is 2. The number of aryl methyl sites for hydroxylation is 2. The summed E-state index contributed by atoms with van der Waals surface area (Å²) in [7, 11) is -3.24. The van der Waals surface area contributed by atoms with Crippen LogP contribution in [0.4, 0.5) is 0 Å². The molecule has 0 spiro atoms. The van der Waals surface area contributed by atoms with Crippen molar-refractivity contribution >= 4 is 51.1 Å². The fourth-order valence-corrected chi connectivity index (χ4v) is 4.62. The third kappa shape index (κ3) is 7.74. The molecule has 1 aromatic carbocycles. The van der Waals surface area contributed by atoms with Gasteiger partial charge in [-0.25, -0.2) is 18.4 Å². The van der Waals surface area contributed by atoms with Gasteiger partial charge in [-0.1, -0.05) is 18.2 Å². The first kappa shape index (κ1) is 23.8. The van der Waals surface area contributed by atoms with Crippen molar-refractivity contribution in [2.24, 2.45) is 4.99 Å². The molecule has 1 aromatic heterocycles. The molecule has 0 saturated carbocycles. The van der Waals surface area contributed by atoms with E-state index in [9.17, 15) is 8.42 Å². The molecule has 0 saturated heterocycles. The first-order valence-corrected chi connectivity index (χ1v) is 11.1. The number of hydrogen-bond acceptors (Lipinski definition) is 5. The van der Waals surface area contributed by atoms with E-state index in [1.54, 1.807) is 35.6 Å². The lowest BCUT2D eigenvalue weighted by molar-refractivity contribution is 0.592. The average molecular weight is 522 g/mol. The highest BCUT2D eigenvalue weighted by atomic mass is 127. The van der Waals surface area contributed by atoms with E-state index in [1.165, 1.54) is 0 Å². The Labute approximate surface area is 182 Å². The summed E-state index contributed by atoms with van der Waals surface area (Å²) in [6.07, 6.45) is 0.514. The Bertz CT molecular complexity index is 836. The van der Waals surface area contributed by atoms with E-state index in [2.05, 4.69) is 20.6 Å². The van der Waals surface area contributed by atoms with Gasteiger partial charge in [-0.2, -0.15) is 0 Å². The Morgan fingerprint density at radius 3 is 2.48 bits per heavy atom. The Balaban J connectivity index is 0.00000364. The largest absolute Gasteiger partial charge is 0.357 e. The van der Waals surface area contributed by atoms with Gasteiger partial charge >= 0.3 is 0 Å². The normalized spacial score (nSPS) is 11.7. The molecule has 0 aliphatic heterocycles. The Kier molecular flexibility index (Phi) is 10.2. The van der Waals surface area contributed by atoms with E-state index >= 15 is 0 Å². The van der Waals surface area contributed by atoms with Gasteiger partial charge < -0.3 is 10.6 Å². The van der Waals surface area contributed by atoms with E-state index in [0.29, 0.717) is 30.4 Å². The van der Waals surface area contributed by atoms with E-state index in [1.807, 2.05) is 26.8 Å². The van der Waals surface area contributed by atoms with Gasteiger partial charge in [-0.3, -0.25) is 0 Å². The van der Waals surface area contributed by atoms with Crippen LogP contribution in [0.2, 0.25) is 0 Å². The number of nitrogens with one attached hydrogen (secondary N) is 2. The molecule has 0 aliphatic carbocycles. The molecule has 150 valence electrons. The SMILES string of the molecule is CCNC(=NCc1sc(C)nc1C)NCCCS(=O)(=O)c1ccccc1.I. The fourth-order valence-electron chi connectivity index (χ4n) is 2.43. The minimum Gasteiger partial charge on any atom is -0.357 e. The first-order valence-electron chi connectivity index (χ1n) is 8.65. The topological polar surface area (TPSA) is 83.4 Å². The smallest absolute Gasteiger partial charge is 0.191 e. The third-order valence-electron chi connectivity index (χ3n) is 3.71. The van der Waals surface area contributed by atoms with E-state index in [0.717, 1.165) is 22.1 Å². The summed E-state index contributed by atoms with van der Waals surface area (Å²) in [6.45, 7) is 7.83. The maximum absolute atomic E-state index is 12.3. The van der Waals surface area contributed by atoms with Crippen molar-refractivity contribution < 1.29 is 8.42 Å². The van der Waals surface area contributed by atoms with Crippen molar-refractivity contribution in [3.8, 4) is 0 Å². The van der Waals surface area contributed by atoms with Gasteiger partial charge in [0.25, 0.3) is 0 Å². The van der Waals surface area contributed by atoms with Crippen LogP contribution in [0.25, 0.3) is 0 Å². The zero-order valence-corrected chi connectivity index (χ0v) is 19.8. The lowest BCUT2D eigenvalue weighted by Crippen LogP contribution is -2.38. The molecule has 0 amide bonds. The molecular formula is C18H27IN4O2S2. The number of thiazole rings is 1. The number of halogens is 1. The molecule has 2 N–H and O–H groups in total. The average Bonchev–Trinajstić information content (AvgIpc) is 2.94. The van der Waals surface area contributed by atoms with Crippen molar-refractivity contribution in [1.82, 2.24) is 15.6 Å². The highest BCUT2D eigenvalue weighted by Gasteiger charge is 2.13. The summed E-state index contributed by atoms with van der Waals surface area (Å²) < 4.78 is 24.5. The van der Waals surface area contributed by atoms with Crippen LogP contribution in [0.5, 0.6) is 0 Å². The molecular weight excluding hydrogens is 495 g/mol. The van der Waals surface area contributed by atoms with E-state index in [-0.39, 0.29) is 29.7 Å². The van der Waals surface area contributed by atoms with Crippen LogP contribution in [0, 0.1) is 13.8 Å². The monoisotopic (exact) mass is 522 g/mol. The second-order valence-electron chi connectivity index (χ2n) is 5.85. The number of aliphatic imine (C=N–C) groups is 1. The highest BCUT2D eigenvalue weighted by molar-refractivity contribution is 14.0. The number of benzene rings is 1. The number of rotatable bonds is 8. The molecule has 0 aliphatic rings. The summed E-state index contributed by atoms with van der Waals surface area (Å²) >= 11 is 1.65. The molecule has 2 aromatic rings. The summed E-state index contributed by atoms with van der Waals surface area (Å²) in [4.78, 5) is 10.5. The lowest BCUT2D eigenvalue weighted by atomic mass is 10.4. The highest BCUT2D eigenvalue weighted by Crippen LogP contribution is 2.17. The molecule has 0 bridgehead atoms. The summed E-state index contributed by atoms with van der Waals surface area (Å²) in [5, 5.41) is 7.42. The molecule has 9 heteroatoms. The van der Waals surface area contributed by atoms with Crippen molar-refractivity contribution in [3.05, 3.63) is 45.9 Å². The fraction of sp³-hybridized carbons (Fsp3) is 0.444. The molecule has 0 unspecified atom stereocenters. The van der Waals surface area contributed by atoms with Gasteiger partial charge in [-0.15, -0.1) is 35.3 Å². The molecule has 27 heavy (non-hydrogen) atoms. The quantitative estimate of drug-likeness (QED) is 0.241. The second kappa shape index (κ2) is 11.6. The Hall–Kier alpha value is -1.20. The Morgan fingerprint density at radius 2 is 1.89 bits per heavy atom. The standard InChI is InChI=1S/C18H26N4O2S2.HI/c1-4-19-18(21-13-17-14(2)22-15(3)25-17)20-11-8-12-26(23,24)16-9-6-5-7-10-16;/h5-7,9-10H,4,8,11-13H2,1-3H3,(H2,19,20,21);1H. The molecule has 2 rings (SSSR count). The summed E-state index contributed by atoms with van der Waals surface area (Å²) in [6, 6.07) is 8.56. The number of nitrogens with zero attached hydrogens (tertiary/aromatic N) is 2. The minimum atomic E-state index is -3.24. The van der Waals surface area contributed by atoms with Crippen molar-refractivity contribution in [3.63, 3.8) is 0 Å². The van der Waals surface area contributed by atoms with E-state index in [4.69, 9.17) is 0 Å². The van der Waals surface area contributed by atoms with Gasteiger partial charge in [0.1, 0.15) is 0 Å². The van der Waals surface area contributed by atoms with Crippen LogP contribution in [0.1, 0.15) is 28.9 Å². The van der Waals surface area contributed by atoms with Gasteiger partial charge in [0.2, 0.25) is 0 Å². The number of guanidine groups is 1. The van der Waals surface area contributed by atoms with Gasteiger partial charge in [0, 0.05) is 18.0 Å². The lowest BCUT2D eigenvalue weighted by Gasteiger charge is -2.11. The van der Waals surface area contributed by atoms with Gasteiger partial charge in [-0.05, 0) is 39.3 Å². The second-order valence-corrected chi connectivity index (χ2v) is 9.25. The predicted molar refractivity (Wildman–Crippen MR) is 123 cm³/mol. The van der Waals surface area contributed by atoms with Crippen molar-refractivity contribution in [2.75, 3.05) is 18.8 Å². The maximum Gasteiger partial charge on any atom is 0.191 e. The van der Waals surface area contributed by atoms with Crippen LogP contribution in [0.3, 0.4) is 0 Å². The Morgan fingerprint density at radius 1 is 1.19 bits per heavy atom. The van der Waals surface area contributed by atoms with Crippen LogP contribution >= 0.6 is 35.3 Å². The summed E-state index contributed by atoms with van der Waals surface area (Å²) in [5.74, 6) is 0.798. The minimum absolute atomic E-state index is 0. The maximum atomic E-state index is 12.3. The van der Waals surface area contributed by atoms with Gasteiger partial charge in [0.15, 0.2) is 15.8 Å². The van der Waals surface area contributed by atoms with Crippen LogP contribution in [0.15, 0.2) is 40.2 Å². The van der Waals surface area contributed by atoms with Crippen molar-refractivity contribution in [2.45, 2.75) is 38.6 Å². The molecule has 0 atom stereocenters.